The summed E-state index contributed by atoms with van der Waals surface area (Å²) in [6.45, 7) is 2.18. The van der Waals surface area contributed by atoms with Crippen molar-refractivity contribution in [2.24, 2.45) is 0 Å². The van der Waals surface area contributed by atoms with Crippen LogP contribution in [-0.4, -0.2) is 17.8 Å². The summed E-state index contributed by atoms with van der Waals surface area (Å²) in [5.74, 6) is 0.958. The molecule has 96 valence electrons. The fourth-order valence-electron chi connectivity index (χ4n) is 2.07. The fraction of sp³-hybridized carbons (Fsp3) is 0.333. The Labute approximate surface area is 107 Å². The topological polar surface area (TPSA) is 45.4 Å². The maximum absolute atomic E-state index is 9.47. The smallest absolute Gasteiger partial charge is 0.105 e. The molecule has 1 heterocycles. The van der Waals surface area contributed by atoms with Crippen LogP contribution in [0.4, 0.5) is 0 Å². The van der Waals surface area contributed by atoms with Gasteiger partial charge in [0, 0.05) is 12.5 Å². The molecule has 2 atom stereocenters. The molecule has 3 heteroatoms. The Morgan fingerprint density at radius 2 is 1.94 bits per heavy atom. The van der Waals surface area contributed by atoms with Crippen LogP contribution < -0.4 is 5.32 Å². The van der Waals surface area contributed by atoms with Crippen molar-refractivity contribution in [1.82, 2.24) is 5.32 Å². The SMILES string of the molecule is CC(Cc1ccco1)N[C@@H](CO)c1ccccc1. The summed E-state index contributed by atoms with van der Waals surface area (Å²) in [5, 5.41) is 12.9. The second kappa shape index (κ2) is 6.38. The highest BCUT2D eigenvalue weighted by atomic mass is 16.3. The highest BCUT2D eigenvalue weighted by molar-refractivity contribution is 5.19. The van der Waals surface area contributed by atoms with Gasteiger partial charge in [0.15, 0.2) is 0 Å². The highest BCUT2D eigenvalue weighted by Crippen LogP contribution is 2.14. The Hall–Kier alpha value is -1.58. The quantitative estimate of drug-likeness (QED) is 0.822. The molecule has 0 bridgehead atoms. The number of hydrogen-bond donors (Lipinski definition) is 2. The summed E-state index contributed by atoms with van der Waals surface area (Å²) in [5.41, 5.74) is 1.10. The van der Waals surface area contributed by atoms with Crippen LogP contribution in [0.1, 0.15) is 24.3 Å². The third-order valence-electron chi connectivity index (χ3n) is 2.96. The molecule has 0 saturated heterocycles. The Morgan fingerprint density at radius 3 is 2.56 bits per heavy atom. The molecule has 18 heavy (non-hydrogen) atoms. The molecule has 2 N–H and O–H groups in total. The minimum Gasteiger partial charge on any atom is -0.469 e. The van der Waals surface area contributed by atoms with E-state index in [1.54, 1.807) is 6.26 Å². The van der Waals surface area contributed by atoms with Crippen LogP contribution in [0.5, 0.6) is 0 Å². The van der Waals surface area contributed by atoms with Gasteiger partial charge in [-0.15, -0.1) is 0 Å². The molecule has 2 rings (SSSR count). The average molecular weight is 245 g/mol. The number of aliphatic hydroxyl groups excluding tert-OH is 1. The van der Waals surface area contributed by atoms with E-state index in [2.05, 4.69) is 12.2 Å². The second-order valence-corrected chi connectivity index (χ2v) is 4.50. The van der Waals surface area contributed by atoms with E-state index in [0.29, 0.717) is 0 Å². The molecule has 0 saturated carbocycles. The molecular formula is C15H19NO2. The third-order valence-corrected chi connectivity index (χ3v) is 2.96. The van der Waals surface area contributed by atoms with E-state index in [1.165, 1.54) is 0 Å². The van der Waals surface area contributed by atoms with Crippen molar-refractivity contribution in [3.63, 3.8) is 0 Å². The summed E-state index contributed by atoms with van der Waals surface area (Å²) >= 11 is 0. The molecule has 0 radical (unpaired) electrons. The Balaban J connectivity index is 1.94. The highest BCUT2D eigenvalue weighted by Gasteiger charge is 2.14. The van der Waals surface area contributed by atoms with E-state index in [9.17, 15) is 5.11 Å². The van der Waals surface area contributed by atoms with Gasteiger partial charge in [0.05, 0.1) is 18.9 Å². The first kappa shape index (κ1) is 12.9. The van der Waals surface area contributed by atoms with Crippen LogP contribution in [0.25, 0.3) is 0 Å². The maximum atomic E-state index is 9.47. The van der Waals surface area contributed by atoms with Gasteiger partial charge in [-0.05, 0) is 24.6 Å². The molecule has 0 amide bonds. The van der Waals surface area contributed by atoms with Crippen LogP contribution in [0.15, 0.2) is 53.1 Å². The van der Waals surface area contributed by atoms with Gasteiger partial charge in [-0.3, -0.25) is 0 Å². The van der Waals surface area contributed by atoms with E-state index < -0.39 is 0 Å². The first-order chi connectivity index (χ1) is 8.79. The van der Waals surface area contributed by atoms with Gasteiger partial charge < -0.3 is 14.8 Å². The van der Waals surface area contributed by atoms with Gasteiger partial charge in [0.1, 0.15) is 5.76 Å². The minimum absolute atomic E-state index is 0.0313. The van der Waals surface area contributed by atoms with Gasteiger partial charge in [0.2, 0.25) is 0 Å². The Kier molecular flexibility index (Phi) is 4.56. The van der Waals surface area contributed by atoms with Crippen LogP contribution >= 0.6 is 0 Å². The van der Waals surface area contributed by atoms with E-state index in [1.807, 2.05) is 42.5 Å². The molecule has 0 aliphatic carbocycles. The molecule has 0 aliphatic rings. The second-order valence-electron chi connectivity index (χ2n) is 4.50. The standard InChI is InChI=1S/C15H19NO2/c1-12(10-14-8-5-9-18-14)16-15(11-17)13-6-3-2-4-7-13/h2-9,12,15-17H,10-11H2,1H3/t12?,15-/m0/s1. The summed E-state index contributed by atoms with van der Waals surface area (Å²) in [4.78, 5) is 0. The molecule has 0 spiro atoms. The van der Waals surface area contributed by atoms with Crippen LogP contribution in [-0.2, 0) is 6.42 Å². The number of hydrogen-bond acceptors (Lipinski definition) is 3. The number of benzene rings is 1. The molecule has 2 aromatic rings. The monoisotopic (exact) mass is 245 g/mol. The lowest BCUT2D eigenvalue weighted by atomic mass is 10.1. The van der Waals surface area contributed by atoms with Crippen molar-refractivity contribution >= 4 is 0 Å². The summed E-state index contributed by atoms with van der Waals surface area (Å²) in [6.07, 6.45) is 2.50. The van der Waals surface area contributed by atoms with Crippen LogP contribution in [0.3, 0.4) is 0 Å². The zero-order valence-corrected chi connectivity index (χ0v) is 10.5. The van der Waals surface area contributed by atoms with E-state index in [4.69, 9.17) is 4.42 Å². The average Bonchev–Trinajstić information content (AvgIpc) is 2.90. The van der Waals surface area contributed by atoms with Crippen molar-refractivity contribution in [1.29, 1.82) is 0 Å². The van der Waals surface area contributed by atoms with Crippen molar-refractivity contribution < 1.29 is 9.52 Å². The molecule has 1 unspecified atom stereocenters. The number of aliphatic hydroxyl groups is 1. The lowest BCUT2D eigenvalue weighted by Gasteiger charge is -2.21. The van der Waals surface area contributed by atoms with E-state index in [0.717, 1.165) is 17.7 Å². The molecule has 0 fully saturated rings. The van der Waals surface area contributed by atoms with Crippen LogP contribution in [0, 0.1) is 0 Å². The number of furan rings is 1. The Bertz CT molecular complexity index is 439. The molecule has 1 aromatic heterocycles. The molecule has 0 aliphatic heterocycles. The van der Waals surface area contributed by atoms with E-state index in [-0.39, 0.29) is 18.7 Å². The maximum Gasteiger partial charge on any atom is 0.105 e. The van der Waals surface area contributed by atoms with Gasteiger partial charge >= 0.3 is 0 Å². The summed E-state index contributed by atoms with van der Waals surface area (Å²) < 4.78 is 5.32. The third kappa shape index (κ3) is 3.45. The van der Waals surface area contributed by atoms with Crippen molar-refractivity contribution in [3.8, 4) is 0 Å². The lowest BCUT2D eigenvalue weighted by Crippen LogP contribution is -2.34. The number of nitrogens with one attached hydrogen (secondary N) is 1. The van der Waals surface area contributed by atoms with Crippen molar-refractivity contribution in [2.45, 2.75) is 25.4 Å². The predicted molar refractivity (Wildman–Crippen MR) is 71.3 cm³/mol. The number of rotatable bonds is 6. The molecule has 1 aromatic carbocycles. The van der Waals surface area contributed by atoms with E-state index >= 15 is 0 Å². The lowest BCUT2D eigenvalue weighted by molar-refractivity contribution is 0.233. The molecule has 3 nitrogen and oxygen atoms in total. The minimum atomic E-state index is -0.0313. The van der Waals surface area contributed by atoms with Gasteiger partial charge in [0.25, 0.3) is 0 Å². The fourth-order valence-corrected chi connectivity index (χ4v) is 2.07. The predicted octanol–water partition coefficient (Wildman–Crippen LogP) is 2.53. The summed E-state index contributed by atoms with van der Waals surface area (Å²) in [6, 6.07) is 14.1. The zero-order chi connectivity index (χ0) is 12.8. The first-order valence-corrected chi connectivity index (χ1v) is 6.24. The van der Waals surface area contributed by atoms with Gasteiger partial charge in [-0.25, -0.2) is 0 Å². The van der Waals surface area contributed by atoms with Gasteiger partial charge in [-0.2, -0.15) is 0 Å². The van der Waals surface area contributed by atoms with Crippen molar-refractivity contribution in [3.05, 3.63) is 60.1 Å². The van der Waals surface area contributed by atoms with Gasteiger partial charge in [-0.1, -0.05) is 30.3 Å². The summed E-state index contributed by atoms with van der Waals surface area (Å²) in [7, 11) is 0. The zero-order valence-electron chi connectivity index (χ0n) is 10.5. The Morgan fingerprint density at radius 1 is 1.17 bits per heavy atom. The normalized spacial score (nSPS) is 14.3. The largest absolute Gasteiger partial charge is 0.469 e. The molecular weight excluding hydrogens is 226 g/mol. The van der Waals surface area contributed by atoms with Crippen LogP contribution in [0.2, 0.25) is 0 Å². The first-order valence-electron chi connectivity index (χ1n) is 6.24. The van der Waals surface area contributed by atoms with Crippen molar-refractivity contribution in [2.75, 3.05) is 6.61 Å².